The predicted octanol–water partition coefficient (Wildman–Crippen LogP) is 5.01. The van der Waals surface area contributed by atoms with E-state index in [1.54, 1.807) is 14.0 Å². The SMILES string of the molecule is COc1c(C)c(O)c(C(=O)C(C)C)c2c1[C@@H]1C[C@@H](C(C)C)C=C[C@]1(C)O2. The minimum atomic E-state index is -0.521. The number of rotatable bonds is 4. The molecule has 0 saturated carbocycles. The third-order valence-corrected chi connectivity index (χ3v) is 6.02. The Balaban J connectivity index is 2.26. The molecule has 1 aromatic rings. The summed E-state index contributed by atoms with van der Waals surface area (Å²) in [5, 5.41) is 10.8. The van der Waals surface area contributed by atoms with E-state index in [0.717, 1.165) is 12.0 Å². The Kier molecular flexibility index (Phi) is 4.58. The summed E-state index contributed by atoms with van der Waals surface area (Å²) in [7, 11) is 1.61. The maximum atomic E-state index is 12.9. The van der Waals surface area contributed by atoms with Crippen LogP contribution in [0.25, 0.3) is 0 Å². The van der Waals surface area contributed by atoms with Gasteiger partial charge in [0.15, 0.2) is 5.78 Å². The van der Waals surface area contributed by atoms with Crippen molar-refractivity contribution in [1.82, 2.24) is 0 Å². The molecule has 1 N–H and O–H groups in total. The summed E-state index contributed by atoms with van der Waals surface area (Å²) >= 11 is 0. The molecule has 142 valence electrons. The van der Waals surface area contributed by atoms with Crippen molar-refractivity contribution in [1.29, 1.82) is 0 Å². The molecule has 2 aliphatic rings. The smallest absolute Gasteiger partial charge is 0.172 e. The number of phenolic OH excluding ortho intramolecular Hbond substituents is 1. The molecule has 1 aromatic carbocycles. The van der Waals surface area contributed by atoms with Gasteiger partial charge < -0.3 is 14.6 Å². The van der Waals surface area contributed by atoms with Crippen molar-refractivity contribution in [3.8, 4) is 17.2 Å². The number of aromatic hydroxyl groups is 1. The van der Waals surface area contributed by atoms with Crippen molar-refractivity contribution >= 4 is 5.78 Å². The maximum Gasteiger partial charge on any atom is 0.172 e. The molecule has 0 saturated heterocycles. The molecular weight excluding hydrogens is 328 g/mol. The first-order chi connectivity index (χ1) is 12.1. The summed E-state index contributed by atoms with van der Waals surface area (Å²) in [6.45, 7) is 12.0. The van der Waals surface area contributed by atoms with Gasteiger partial charge in [0.05, 0.1) is 7.11 Å². The van der Waals surface area contributed by atoms with Gasteiger partial charge in [0.2, 0.25) is 0 Å². The van der Waals surface area contributed by atoms with E-state index in [4.69, 9.17) is 9.47 Å². The molecular formula is C22H30O4. The zero-order valence-electron chi connectivity index (χ0n) is 16.8. The molecule has 0 fully saturated rings. The Morgan fingerprint density at radius 2 is 2.00 bits per heavy atom. The number of phenols is 1. The molecule has 1 heterocycles. The van der Waals surface area contributed by atoms with Gasteiger partial charge in [-0.05, 0) is 38.2 Å². The van der Waals surface area contributed by atoms with E-state index >= 15 is 0 Å². The van der Waals surface area contributed by atoms with Gasteiger partial charge in [0, 0.05) is 23.0 Å². The van der Waals surface area contributed by atoms with Crippen molar-refractivity contribution in [2.75, 3.05) is 7.11 Å². The predicted molar refractivity (Wildman–Crippen MR) is 102 cm³/mol. The molecule has 1 aliphatic carbocycles. The van der Waals surface area contributed by atoms with Crippen molar-refractivity contribution in [2.45, 2.75) is 59.5 Å². The lowest BCUT2D eigenvalue weighted by atomic mass is 9.71. The van der Waals surface area contributed by atoms with Crippen LogP contribution in [0.2, 0.25) is 0 Å². The number of carbonyl (C=O) groups excluding carboxylic acids is 1. The molecule has 0 radical (unpaired) electrons. The first kappa shape index (κ1) is 18.8. The zero-order valence-corrected chi connectivity index (χ0v) is 16.8. The molecule has 0 amide bonds. The standard InChI is InChI=1S/C22H30O4/c1-11(2)14-8-9-22(6)15(10-14)16-20(25-7)13(5)19(24)17(21(16)26-22)18(23)12(3)4/h8-9,11-12,14-15,24H,10H2,1-7H3/t14-,15-,22-/m0/s1. The van der Waals surface area contributed by atoms with E-state index in [-0.39, 0.29) is 23.4 Å². The summed E-state index contributed by atoms with van der Waals surface area (Å²) in [5.74, 6) is 1.88. The highest BCUT2D eigenvalue weighted by molar-refractivity contribution is 6.04. The van der Waals surface area contributed by atoms with E-state index in [9.17, 15) is 9.90 Å². The molecule has 4 nitrogen and oxygen atoms in total. The monoisotopic (exact) mass is 358 g/mol. The average molecular weight is 358 g/mol. The van der Waals surface area contributed by atoms with E-state index in [2.05, 4.69) is 32.9 Å². The summed E-state index contributed by atoms with van der Waals surface area (Å²) in [6, 6.07) is 0. The third kappa shape index (κ3) is 2.62. The van der Waals surface area contributed by atoms with Gasteiger partial charge in [-0.2, -0.15) is 0 Å². The van der Waals surface area contributed by atoms with Crippen LogP contribution in [-0.2, 0) is 0 Å². The topological polar surface area (TPSA) is 55.8 Å². The highest BCUT2D eigenvalue weighted by atomic mass is 16.5. The second kappa shape index (κ2) is 6.33. The number of ketones is 1. The quantitative estimate of drug-likeness (QED) is 0.607. The minimum absolute atomic E-state index is 0.0223. The zero-order chi connectivity index (χ0) is 19.4. The molecule has 3 atom stereocenters. The fourth-order valence-corrected chi connectivity index (χ4v) is 4.28. The lowest BCUT2D eigenvalue weighted by Crippen LogP contribution is -2.36. The van der Waals surface area contributed by atoms with Gasteiger partial charge in [-0.3, -0.25) is 4.79 Å². The number of hydrogen-bond donors (Lipinski definition) is 1. The lowest BCUT2D eigenvalue weighted by Gasteiger charge is -2.35. The fraction of sp³-hybridized carbons (Fsp3) is 0.591. The Morgan fingerprint density at radius 3 is 2.54 bits per heavy atom. The second-order valence-electron chi connectivity index (χ2n) is 8.48. The molecule has 26 heavy (non-hydrogen) atoms. The van der Waals surface area contributed by atoms with Crippen LogP contribution in [0.1, 0.15) is 68.4 Å². The van der Waals surface area contributed by atoms with Gasteiger partial charge in [-0.15, -0.1) is 0 Å². The van der Waals surface area contributed by atoms with Crippen LogP contribution < -0.4 is 9.47 Å². The van der Waals surface area contributed by atoms with Gasteiger partial charge >= 0.3 is 0 Å². The van der Waals surface area contributed by atoms with Crippen LogP contribution >= 0.6 is 0 Å². The summed E-state index contributed by atoms with van der Waals surface area (Å²) < 4.78 is 12.0. The van der Waals surface area contributed by atoms with Gasteiger partial charge in [-0.1, -0.05) is 33.8 Å². The number of hydrogen-bond acceptors (Lipinski definition) is 4. The van der Waals surface area contributed by atoms with Crippen molar-refractivity contribution in [3.63, 3.8) is 0 Å². The van der Waals surface area contributed by atoms with Crippen molar-refractivity contribution < 1.29 is 19.4 Å². The van der Waals surface area contributed by atoms with Crippen LogP contribution in [0, 0.1) is 24.7 Å². The molecule has 0 unspecified atom stereocenters. The van der Waals surface area contributed by atoms with E-state index in [1.807, 2.05) is 13.8 Å². The molecule has 0 spiro atoms. The number of Topliss-reactive ketones (excluding diaryl/α,β-unsaturated/α-hetero) is 1. The Labute approximate surface area is 156 Å². The van der Waals surface area contributed by atoms with Crippen molar-refractivity contribution in [3.05, 3.63) is 28.8 Å². The number of benzene rings is 1. The van der Waals surface area contributed by atoms with E-state index in [0.29, 0.717) is 34.5 Å². The Bertz CT molecular complexity index is 775. The molecule has 1 aliphatic heterocycles. The first-order valence-corrected chi connectivity index (χ1v) is 9.48. The van der Waals surface area contributed by atoms with Gasteiger partial charge in [0.1, 0.15) is 28.4 Å². The highest BCUT2D eigenvalue weighted by Gasteiger charge is 2.50. The number of ether oxygens (including phenoxy) is 2. The van der Waals surface area contributed by atoms with Crippen LogP contribution in [0.4, 0.5) is 0 Å². The minimum Gasteiger partial charge on any atom is -0.507 e. The van der Waals surface area contributed by atoms with E-state index in [1.165, 1.54) is 0 Å². The van der Waals surface area contributed by atoms with Crippen molar-refractivity contribution in [2.24, 2.45) is 17.8 Å². The summed E-state index contributed by atoms with van der Waals surface area (Å²) in [4.78, 5) is 12.9. The largest absolute Gasteiger partial charge is 0.507 e. The van der Waals surface area contributed by atoms with Gasteiger partial charge in [0.25, 0.3) is 0 Å². The molecule has 4 heteroatoms. The number of carbonyl (C=O) groups is 1. The van der Waals surface area contributed by atoms with Crippen LogP contribution in [0.5, 0.6) is 17.2 Å². The van der Waals surface area contributed by atoms with Crippen LogP contribution in [0.3, 0.4) is 0 Å². The normalized spacial score (nSPS) is 26.7. The Morgan fingerprint density at radius 1 is 1.35 bits per heavy atom. The number of methoxy groups -OCH3 is 1. The van der Waals surface area contributed by atoms with Gasteiger partial charge in [-0.25, -0.2) is 0 Å². The first-order valence-electron chi connectivity index (χ1n) is 9.48. The average Bonchev–Trinajstić information content (AvgIpc) is 2.87. The second-order valence-corrected chi connectivity index (χ2v) is 8.48. The Hall–Kier alpha value is -1.97. The molecule has 0 bridgehead atoms. The lowest BCUT2D eigenvalue weighted by molar-refractivity contribution is 0.0916. The number of fused-ring (bicyclic) bond motifs is 3. The van der Waals surface area contributed by atoms with Crippen LogP contribution in [-0.4, -0.2) is 23.6 Å². The number of allylic oxidation sites excluding steroid dienone is 1. The molecule has 0 aromatic heterocycles. The van der Waals surface area contributed by atoms with Crippen LogP contribution in [0.15, 0.2) is 12.2 Å². The molecule has 3 rings (SSSR count). The summed E-state index contributed by atoms with van der Waals surface area (Å²) in [6.07, 6.45) is 5.30. The highest BCUT2D eigenvalue weighted by Crippen LogP contribution is 2.59. The fourth-order valence-electron chi connectivity index (χ4n) is 4.28. The third-order valence-electron chi connectivity index (χ3n) is 6.02. The van der Waals surface area contributed by atoms with E-state index < -0.39 is 5.60 Å². The maximum absolute atomic E-state index is 12.9. The summed E-state index contributed by atoms with van der Waals surface area (Å²) in [5.41, 5.74) is 1.33.